The van der Waals surface area contributed by atoms with Gasteiger partial charge in [0.15, 0.2) is 0 Å². The van der Waals surface area contributed by atoms with Gasteiger partial charge < -0.3 is 21.5 Å². The summed E-state index contributed by atoms with van der Waals surface area (Å²) >= 11 is 0. The summed E-state index contributed by atoms with van der Waals surface area (Å²) in [4.78, 5) is 27.0. The molecule has 1 fully saturated rings. The van der Waals surface area contributed by atoms with Gasteiger partial charge >= 0.3 is 6.03 Å². The third-order valence-electron chi connectivity index (χ3n) is 4.19. The van der Waals surface area contributed by atoms with Crippen LogP contribution in [0, 0.1) is 5.92 Å². The molecule has 24 heavy (non-hydrogen) atoms. The molecular formula is C17H26N4O3. The van der Waals surface area contributed by atoms with E-state index in [2.05, 4.69) is 22.5 Å². The van der Waals surface area contributed by atoms with E-state index in [1.54, 1.807) is 12.4 Å². The van der Waals surface area contributed by atoms with E-state index in [1.807, 2.05) is 6.07 Å². The number of hydrogen-bond donors (Lipinski definition) is 4. The van der Waals surface area contributed by atoms with Crippen molar-refractivity contribution in [3.05, 3.63) is 24.0 Å². The van der Waals surface area contributed by atoms with E-state index < -0.39 is 0 Å². The molecule has 0 spiro atoms. The number of aryl methyl sites for hydroxylation is 1. The smallest absolute Gasteiger partial charge is 0.319 e. The molecule has 7 heteroatoms. The lowest BCUT2D eigenvalue weighted by molar-refractivity contribution is -0.118. The summed E-state index contributed by atoms with van der Waals surface area (Å²) < 4.78 is 0. The fourth-order valence-corrected chi connectivity index (χ4v) is 3.20. The molecule has 0 radical (unpaired) electrons. The number of aliphatic hydroxyl groups excluding tert-OH is 1. The maximum absolute atomic E-state index is 12.1. The van der Waals surface area contributed by atoms with Crippen LogP contribution in [0.25, 0.3) is 0 Å². The minimum Gasteiger partial charge on any atom is -0.393 e. The van der Waals surface area contributed by atoms with Crippen LogP contribution in [0.3, 0.4) is 0 Å². The van der Waals surface area contributed by atoms with Gasteiger partial charge in [0.1, 0.15) is 0 Å². The van der Waals surface area contributed by atoms with Gasteiger partial charge in [-0.05, 0) is 49.7 Å². The largest absolute Gasteiger partial charge is 0.393 e. The standard InChI is InChI=1S/C17H26N4O3/c1-11-5-13(8-15(22)6-11)20-17(24)21-14-7-12(9-19-10-14)3-2-4-16(18)23/h7,9-11,13,15,22H,2-6,8H2,1H3,(H2,18,23)(H2,20,21,24). The Kier molecular flexibility index (Phi) is 6.54. The van der Waals surface area contributed by atoms with Crippen LogP contribution in [-0.2, 0) is 11.2 Å². The summed E-state index contributed by atoms with van der Waals surface area (Å²) in [5, 5.41) is 15.5. The average Bonchev–Trinajstić information content (AvgIpc) is 2.45. The monoisotopic (exact) mass is 334 g/mol. The second kappa shape index (κ2) is 8.63. The number of nitrogens with zero attached hydrogens (tertiary/aromatic N) is 1. The molecule has 1 saturated carbocycles. The molecule has 1 aromatic rings. The lowest BCUT2D eigenvalue weighted by atomic mass is 9.85. The second-order valence-electron chi connectivity index (χ2n) is 6.66. The van der Waals surface area contributed by atoms with E-state index >= 15 is 0 Å². The van der Waals surface area contributed by atoms with Crippen LogP contribution in [0.15, 0.2) is 18.5 Å². The summed E-state index contributed by atoms with van der Waals surface area (Å²) in [5.41, 5.74) is 6.67. The van der Waals surface area contributed by atoms with Gasteiger partial charge in [0, 0.05) is 18.7 Å². The fourth-order valence-electron chi connectivity index (χ4n) is 3.20. The Morgan fingerprint density at radius 1 is 1.33 bits per heavy atom. The molecule has 0 bridgehead atoms. The molecule has 2 rings (SSSR count). The number of pyridine rings is 1. The Balaban J connectivity index is 1.83. The molecule has 1 heterocycles. The molecule has 1 aliphatic rings. The zero-order valence-corrected chi connectivity index (χ0v) is 14.0. The first kappa shape index (κ1) is 18.2. The van der Waals surface area contributed by atoms with Crippen molar-refractivity contribution >= 4 is 17.6 Å². The first-order valence-electron chi connectivity index (χ1n) is 8.40. The first-order chi connectivity index (χ1) is 11.4. The highest BCUT2D eigenvalue weighted by Crippen LogP contribution is 2.24. The number of amides is 3. The number of nitrogens with one attached hydrogen (secondary N) is 2. The highest BCUT2D eigenvalue weighted by atomic mass is 16.3. The summed E-state index contributed by atoms with van der Waals surface area (Å²) in [6, 6.07) is 1.53. The number of rotatable bonds is 6. The summed E-state index contributed by atoms with van der Waals surface area (Å²) in [5.74, 6) is 0.0785. The molecule has 3 unspecified atom stereocenters. The molecule has 1 aliphatic carbocycles. The third-order valence-corrected chi connectivity index (χ3v) is 4.19. The zero-order chi connectivity index (χ0) is 17.5. The number of primary amides is 1. The Morgan fingerprint density at radius 2 is 2.12 bits per heavy atom. The van der Waals surface area contributed by atoms with E-state index in [4.69, 9.17) is 5.73 Å². The summed E-state index contributed by atoms with van der Waals surface area (Å²) in [7, 11) is 0. The van der Waals surface area contributed by atoms with Crippen molar-refractivity contribution in [3.8, 4) is 0 Å². The van der Waals surface area contributed by atoms with E-state index in [0.29, 0.717) is 37.3 Å². The van der Waals surface area contributed by atoms with Gasteiger partial charge in [-0.1, -0.05) is 6.92 Å². The van der Waals surface area contributed by atoms with E-state index in [9.17, 15) is 14.7 Å². The molecule has 0 saturated heterocycles. The number of carbonyl (C=O) groups is 2. The zero-order valence-electron chi connectivity index (χ0n) is 14.0. The number of hydrogen-bond acceptors (Lipinski definition) is 4. The average molecular weight is 334 g/mol. The SMILES string of the molecule is CC1CC(O)CC(NC(=O)Nc2cncc(CCCC(N)=O)c2)C1. The van der Waals surface area contributed by atoms with Gasteiger partial charge in [0.05, 0.1) is 18.0 Å². The number of nitrogens with two attached hydrogens (primary N) is 1. The van der Waals surface area contributed by atoms with Gasteiger partial charge in [-0.15, -0.1) is 0 Å². The van der Waals surface area contributed by atoms with Crippen molar-refractivity contribution in [1.29, 1.82) is 0 Å². The predicted molar refractivity (Wildman–Crippen MR) is 91.3 cm³/mol. The quantitative estimate of drug-likeness (QED) is 0.631. The lowest BCUT2D eigenvalue weighted by Gasteiger charge is -2.31. The van der Waals surface area contributed by atoms with Crippen molar-refractivity contribution in [1.82, 2.24) is 10.3 Å². The first-order valence-corrected chi connectivity index (χ1v) is 8.40. The molecule has 3 amide bonds. The number of urea groups is 1. The molecular weight excluding hydrogens is 308 g/mol. The maximum atomic E-state index is 12.1. The van der Waals surface area contributed by atoms with Crippen molar-refractivity contribution in [2.75, 3.05) is 5.32 Å². The van der Waals surface area contributed by atoms with Gasteiger partial charge in [-0.25, -0.2) is 4.79 Å². The Hall–Kier alpha value is -2.15. The molecule has 1 aromatic heterocycles. The van der Waals surface area contributed by atoms with Gasteiger partial charge in [0.2, 0.25) is 5.91 Å². The van der Waals surface area contributed by atoms with Crippen molar-refractivity contribution in [2.45, 2.75) is 57.6 Å². The van der Waals surface area contributed by atoms with E-state index in [0.717, 1.165) is 18.4 Å². The van der Waals surface area contributed by atoms with Crippen LogP contribution in [0.1, 0.15) is 44.6 Å². The fraction of sp³-hybridized carbons (Fsp3) is 0.588. The van der Waals surface area contributed by atoms with Crippen LogP contribution in [0.5, 0.6) is 0 Å². The highest BCUT2D eigenvalue weighted by Gasteiger charge is 2.26. The molecule has 0 aromatic carbocycles. The lowest BCUT2D eigenvalue weighted by Crippen LogP contribution is -2.43. The number of aromatic nitrogens is 1. The normalized spacial score (nSPS) is 23.5. The van der Waals surface area contributed by atoms with E-state index in [-0.39, 0.29) is 24.1 Å². The van der Waals surface area contributed by atoms with E-state index in [1.165, 1.54) is 0 Å². The summed E-state index contributed by atoms with van der Waals surface area (Å²) in [6.07, 6.45) is 6.85. The molecule has 5 N–H and O–H groups in total. The Morgan fingerprint density at radius 3 is 2.83 bits per heavy atom. The maximum Gasteiger partial charge on any atom is 0.319 e. The Labute approximate surface area is 142 Å². The second-order valence-corrected chi connectivity index (χ2v) is 6.66. The third kappa shape index (κ3) is 6.16. The van der Waals surface area contributed by atoms with Crippen molar-refractivity contribution in [2.24, 2.45) is 11.7 Å². The van der Waals surface area contributed by atoms with Gasteiger partial charge in [-0.3, -0.25) is 9.78 Å². The van der Waals surface area contributed by atoms with Gasteiger partial charge in [0.25, 0.3) is 0 Å². The molecule has 7 nitrogen and oxygen atoms in total. The van der Waals surface area contributed by atoms with Crippen LogP contribution >= 0.6 is 0 Å². The molecule has 132 valence electrons. The van der Waals surface area contributed by atoms with Crippen LogP contribution < -0.4 is 16.4 Å². The van der Waals surface area contributed by atoms with Gasteiger partial charge in [-0.2, -0.15) is 0 Å². The summed E-state index contributed by atoms with van der Waals surface area (Å²) in [6.45, 7) is 2.08. The number of anilines is 1. The highest BCUT2D eigenvalue weighted by molar-refractivity contribution is 5.89. The minimum absolute atomic E-state index is 0.0181. The van der Waals surface area contributed by atoms with Crippen molar-refractivity contribution < 1.29 is 14.7 Å². The molecule has 0 aliphatic heterocycles. The van der Waals surface area contributed by atoms with Crippen molar-refractivity contribution in [3.63, 3.8) is 0 Å². The molecule has 3 atom stereocenters. The minimum atomic E-state index is -0.352. The Bertz CT molecular complexity index is 569. The van der Waals surface area contributed by atoms with Crippen LogP contribution in [-0.4, -0.2) is 34.2 Å². The predicted octanol–water partition coefficient (Wildman–Crippen LogP) is 1.56. The number of aliphatic hydroxyl groups is 1. The van der Waals surface area contributed by atoms with Crippen LogP contribution in [0.4, 0.5) is 10.5 Å². The number of carbonyl (C=O) groups excluding carboxylic acids is 2. The topological polar surface area (TPSA) is 117 Å². The van der Waals surface area contributed by atoms with Crippen LogP contribution in [0.2, 0.25) is 0 Å².